The molecule has 0 aromatic carbocycles. The number of carbonyl (C=O) groups excluding carboxylic acids is 1. The van der Waals surface area contributed by atoms with Gasteiger partial charge in [0, 0.05) is 6.20 Å². The molecule has 54 valence electrons. The van der Waals surface area contributed by atoms with Crippen molar-refractivity contribution in [2.24, 2.45) is 11.7 Å². The number of pyridine rings is 1. The van der Waals surface area contributed by atoms with Gasteiger partial charge in [0.1, 0.15) is 5.69 Å². The lowest BCUT2D eigenvalue weighted by molar-refractivity contribution is 0.111. The summed E-state index contributed by atoms with van der Waals surface area (Å²) in [6.07, 6.45) is 2.31. The van der Waals surface area contributed by atoms with Crippen LogP contribution in [0, 0.1) is 0 Å². The van der Waals surface area contributed by atoms with Gasteiger partial charge in [-0.1, -0.05) is 6.07 Å². The van der Waals surface area contributed by atoms with Crippen LogP contribution < -0.4 is 11.7 Å². The van der Waals surface area contributed by atoms with E-state index in [9.17, 15) is 4.79 Å². The molecular formula is C6H9N3O. The minimum atomic E-state index is 0.479. The largest absolute Gasteiger partial charge is 0.296 e. The predicted molar refractivity (Wildman–Crippen MR) is 38.0 cm³/mol. The summed E-state index contributed by atoms with van der Waals surface area (Å²) in [5, 5.41) is 0. The number of carbonyl (C=O) groups is 1. The van der Waals surface area contributed by atoms with Gasteiger partial charge in [0.05, 0.1) is 0 Å². The number of hydrogen-bond donors (Lipinski definition) is 2. The van der Waals surface area contributed by atoms with Gasteiger partial charge < -0.3 is 0 Å². The molecule has 0 aliphatic rings. The average molecular weight is 139 g/mol. The van der Waals surface area contributed by atoms with Crippen molar-refractivity contribution >= 4 is 6.29 Å². The number of nitrogens with zero attached hydrogens (tertiary/aromatic N) is 1. The van der Waals surface area contributed by atoms with Crippen molar-refractivity contribution < 1.29 is 4.79 Å². The number of nitrogens with two attached hydrogens (primary N) is 2. The highest BCUT2D eigenvalue weighted by molar-refractivity contribution is 5.71. The van der Waals surface area contributed by atoms with E-state index in [1.54, 1.807) is 24.4 Å². The molecule has 0 bridgehead atoms. The molecule has 0 aliphatic heterocycles. The first-order valence-electron chi connectivity index (χ1n) is 2.63. The Labute approximate surface area is 58.8 Å². The van der Waals surface area contributed by atoms with Gasteiger partial charge in [-0.25, -0.2) is 0 Å². The Hall–Kier alpha value is -1.26. The second-order valence-electron chi connectivity index (χ2n) is 1.37. The van der Waals surface area contributed by atoms with Crippen LogP contribution in [0.1, 0.15) is 10.5 Å². The molecule has 4 nitrogen and oxygen atoms in total. The third-order valence-corrected chi connectivity index (χ3v) is 0.809. The lowest BCUT2D eigenvalue weighted by atomic mass is 10.4. The van der Waals surface area contributed by atoms with Crippen molar-refractivity contribution in [1.82, 2.24) is 4.98 Å². The van der Waals surface area contributed by atoms with E-state index in [0.29, 0.717) is 5.69 Å². The smallest absolute Gasteiger partial charge is 0.168 e. The first-order chi connectivity index (χ1) is 4.93. The molecule has 1 heterocycles. The average Bonchev–Trinajstić information content (AvgIpc) is 2.10. The predicted octanol–water partition coefficient (Wildman–Crippen LogP) is -0.287. The van der Waals surface area contributed by atoms with E-state index in [1.807, 2.05) is 0 Å². The lowest BCUT2D eigenvalue weighted by Crippen LogP contribution is -2.02. The van der Waals surface area contributed by atoms with Gasteiger partial charge in [0.25, 0.3) is 0 Å². The quantitative estimate of drug-likeness (QED) is 0.318. The Morgan fingerprint density at radius 2 is 2.10 bits per heavy atom. The third-order valence-electron chi connectivity index (χ3n) is 0.809. The van der Waals surface area contributed by atoms with E-state index in [2.05, 4.69) is 16.7 Å². The maximum atomic E-state index is 9.94. The van der Waals surface area contributed by atoms with Crippen molar-refractivity contribution in [3.8, 4) is 0 Å². The fraction of sp³-hybridized carbons (Fsp3) is 0. The SMILES string of the molecule is NN.O=Cc1ccccn1. The van der Waals surface area contributed by atoms with Crippen molar-refractivity contribution in [2.75, 3.05) is 0 Å². The van der Waals surface area contributed by atoms with Crippen molar-refractivity contribution in [3.63, 3.8) is 0 Å². The zero-order valence-electron chi connectivity index (χ0n) is 5.40. The summed E-state index contributed by atoms with van der Waals surface area (Å²) in [5.41, 5.74) is 0.479. The topological polar surface area (TPSA) is 82.0 Å². The van der Waals surface area contributed by atoms with E-state index in [0.717, 1.165) is 6.29 Å². The van der Waals surface area contributed by atoms with Crippen LogP contribution in [0.5, 0.6) is 0 Å². The molecule has 0 fully saturated rings. The molecule has 1 aromatic rings. The molecule has 0 unspecified atom stereocenters. The van der Waals surface area contributed by atoms with Crippen LogP contribution in [0.4, 0.5) is 0 Å². The molecule has 0 spiro atoms. The molecule has 4 N–H and O–H groups in total. The molecule has 0 atom stereocenters. The van der Waals surface area contributed by atoms with E-state index in [4.69, 9.17) is 0 Å². The molecule has 10 heavy (non-hydrogen) atoms. The summed E-state index contributed by atoms with van der Waals surface area (Å²) < 4.78 is 0. The minimum absolute atomic E-state index is 0.479. The van der Waals surface area contributed by atoms with Crippen LogP contribution in [0.15, 0.2) is 24.4 Å². The van der Waals surface area contributed by atoms with Crippen LogP contribution in [0.3, 0.4) is 0 Å². The Morgan fingerprint density at radius 3 is 2.40 bits per heavy atom. The first kappa shape index (κ1) is 8.74. The Morgan fingerprint density at radius 1 is 1.40 bits per heavy atom. The standard InChI is InChI=1S/C6H5NO.H4N2/c8-5-6-3-1-2-4-7-6;1-2/h1-5H;1-2H2. The van der Waals surface area contributed by atoms with Crippen molar-refractivity contribution in [3.05, 3.63) is 30.1 Å². The fourth-order valence-electron chi connectivity index (χ4n) is 0.446. The molecule has 0 saturated carbocycles. The lowest BCUT2D eigenvalue weighted by Gasteiger charge is -1.81. The summed E-state index contributed by atoms with van der Waals surface area (Å²) in [7, 11) is 0. The van der Waals surface area contributed by atoms with Crippen LogP contribution in [-0.2, 0) is 0 Å². The summed E-state index contributed by atoms with van der Waals surface area (Å²) in [4.78, 5) is 13.7. The Bertz CT molecular complexity index is 176. The molecule has 0 saturated heterocycles. The van der Waals surface area contributed by atoms with Gasteiger partial charge in [-0.05, 0) is 12.1 Å². The first-order valence-corrected chi connectivity index (χ1v) is 2.63. The summed E-state index contributed by atoms with van der Waals surface area (Å²) >= 11 is 0. The fourth-order valence-corrected chi connectivity index (χ4v) is 0.446. The number of hydrogen-bond acceptors (Lipinski definition) is 4. The number of aromatic nitrogens is 1. The number of aldehydes is 1. The summed E-state index contributed by atoms with van der Waals surface area (Å²) in [5.74, 6) is 8.00. The highest BCUT2D eigenvalue weighted by atomic mass is 16.1. The van der Waals surface area contributed by atoms with E-state index >= 15 is 0 Å². The van der Waals surface area contributed by atoms with E-state index in [-0.39, 0.29) is 0 Å². The highest BCUT2D eigenvalue weighted by Gasteiger charge is 1.81. The summed E-state index contributed by atoms with van der Waals surface area (Å²) in [6, 6.07) is 5.21. The van der Waals surface area contributed by atoms with Crippen LogP contribution >= 0.6 is 0 Å². The van der Waals surface area contributed by atoms with Crippen LogP contribution in [-0.4, -0.2) is 11.3 Å². The maximum Gasteiger partial charge on any atom is 0.168 e. The molecule has 1 rings (SSSR count). The number of rotatable bonds is 1. The van der Waals surface area contributed by atoms with Gasteiger partial charge in [-0.3, -0.25) is 21.5 Å². The van der Waals surface area contributed by atoms with Crippen LogP contribution in [0.25, 0.3) is 0 Å². The van der Waals surface area contributed by atoms with Crippen LogP contribution in [0.2, 0.25) is 0 Å². The van der Waals surface area contributed by atoms with Gasteiger partial charge in [-0.15, -0.1) is 0 Å². The molecule has 0 radical (unpaired) electrons. The zero-order valence-corrected chi connectivity index (χ0v) is 5.40. The highest BCUT2D eigenvalue weighted by Crippen LogP contribution is 1.85. The molecule has 1 aromatic heterocycles. The second-order valence-corrected chi connectivity index (χ2v) is 1.37. The Balaban J connectivity index is 0.000000371. The third kappa shape index (κ3) is 2.91. The summed E-state index contributed by atoms with van der Waals surface area (Å²) in [6.45, 7) is 0. The monoisotopic (exact) mass is 139 g/mol. The van der Waals surface area contributed by atoms with Crippen molar-refractivity contribution in [2.45, 2.75) is 0 Å². The number of hydrazine groups is 1. The molecular weight excluding hydrogens is 130 g/mol. The van der Waals surface area contributed by atoms with E-state index in [1.165, 1.54) is 0 Å². The van der Waals surface area contributed by atoms with Gasteiger partial charge in [0.2, 0.25) is 0 Å². The van der Waals surface area contributed by atoms with Gasteiger partial charge in [0.15, 0.2) is 6.29 Å². The Kier molecular flexibility index (Phi) is 5.13. The van der Waals surface area contributed by atoms with Gasteiger partial charge in [-0.2, -0.15) is 0 Å². The van der Waals surface area contributed by atoms with E-state index < -0.39 is 0 Å². The second kappa shape index (κ2) is 5.87. The normalized spacial score (nSPS) is 7.40. The zero-order chi connectivity index (χ0) is 7.82. The molecule has 4 heteroatoms. The van der Waals surface area contributed by atoms with Crippen molar-refractivity contribution in [1.29, 1.82) is 0 Å². The molecule has 0 aliphatic carbocycles. The minimum Gasteiger partial charge on any atom is -0.296 e. The molecule has 0 amide bonds. The maximum absolute atomic E-state index is 9.94. The van der Waals surface area contributed by atoms with Gasteiger partial charge >= 0.3 is 0 Å².